The molecule has 0 N–H and O–H groups in total. The molecule has 0 nitrogen and oxygen atoms in total. The third-order valence-electron chi connectivity index (χ3n) is 1.59. The van der Waals surface area contributed by atoms with Crippen molar-refractivity contribution in [3.63, 3.8) is 0 Å². The fourth-order valence-corrected chi connectivity index (χ4v) is 0.940. The molecule has 0 saturated carbocycles. The van der Waals surface area contributed by atoms with Gasteiger partial charge in [-0.1, -0.05) is 85.4 Å². The number of rotatable bonds is 2. The second kappa shape index (κ2) is 19.5. The van der Waals surface area contributed by atoms with Crippen LogP contribution in [0, 0.1) is 0 Å². The Labute approximate surface area is 103 Å². The Balaban J connectivity index is -0.000000245. The van der Waals surface area contributed by atoms with Gasteiger partial charge in [-0.25, -0.2) is 0 Å². The van der Waals surface area contributed by atoms with E-state index in [2.05, 4.69) is 37.8 Å². The van der Waals surface area contributed by atoms with Crippen LogP contribution in [0.1, 0.15) is 59.6 Å². The molecule has 0 aliphatic heterocycles. The lowest BCUT2D eigenvalue weighted by molar-refractivity contribution is 1.14. The fourth-order valence-electron chi connectivity index (χ4n) is 0.940. The molecule has 0 aliphatic carbocycles. The Morgan fingerprint density at radius 3 is 1.88 bits per heavy atom. The first-order valence-corrected chi connectivity index (χ1v) is 6.58. The maximum Gasteiger partial charge on any atom is -0.0260 e. The average molecular weight is 222 g/mol. The molecule has 0 amide bonds. The predicted molar refractivity (Wildman–Crippen MR) is 80.0 cm³/mol. The molecule has 94 valence electrons. The molecule has 0 fully saturated rings. The van der Waals surface area contributed by atoms with Crippen LogP contribution in [-0.2, 0) is 6.42 Å². The Hall–Kier alpha value is -1.04. The van der Waals surface area contributed by atoms with Crippen molar-refractivity contribution in [3.8, 4) is 0 Å². The number of benzene rings is 1. The first kappa shape index (κ1) is 20.4. The molecule has 0 spiro atoms. The van der Waals surface area contributed by atoms with Crippen LogP contribution in [0.15, 0.2) is 30.8 Å². The molecule has 1 aromatic carbocycles. The van der Waals surface area contributed by atoms with Crippen LogP contribution in [0.5, 0.6) is 0 Å². The topological polar surface area (TPSA) is 0 Å². The molecule has 16 heavy (non-hydrogen) atoms. The lowest BCUT2D eigenvalue weighted by Gasteiger charge is -1.96. The minimum absolute atomic E-state index is 1.10. The predicted octanol–water partition coefficient (Wildman–Crippen LogP) is 5.97. The second-order valence-corrected chi connectivity index (χ2v) is 2.30. The Morgan fingerprint density at radius 2 is 1.50 bits per heavy atom. The zero-order valence-electron chi connectivity index (χ0n) is 12.3. The van der Waals surface area contributed by atoms with Crippen molar-refractivity contribution >= 4 is 6.08 Å². The lowest BCUT2D eigenvalue weighted by atomic mass is 10.1. The minimum atomic E-state index is 1.10. The maximum atomic E-state index is 3.71. The summed E-state index contributed by atoms with van der Waals surface area (Å²) < 4.78 is 0. The largest absolute Gasteiger partial charge is 0.0985 e. The first-order valence-electron chi connectivity index (χ1n) is 6.58. The number of aryl methyl sites for hydroxylation is 1. The maximum absolute atomic E-state index is 3.71. The van der Waals surface area contributed by atoms with E-state index in [0.717, 1.165) is 6.42 Å². The molecule has 0 bridgehead atoms. The molecule has 0 heterocycles. The van der Waals surface area contributed by atoms with E-state index < -0.39 is 0 Å². The highest BCUT2D eigenvalue weighted by Gasteiger charge is 1.87. The van der Waals surface area contributed by atoms with Gasteiger partial charge in [-0.05, 0) is 17.5 Å². The van der Waals surface area contributed by atoms with Gasteiger partial charge in [0.05, 0.1) is 0 Å². The minimum Gasteiger partial charge on any atom is -0.0985 e. The van der Waals surface area contributed by atoms with Gasteiger partial charge in [0.15, 0.2) is 0 Å². The van der Waals surface area contributed by atoms with Gasteiger partial charge in [0, 0.05) is 0 Å². The summed E-state index contributed by atoms with van der Waals surface area (Å²) in [6.07, 6.45) is 2.97. The van der Waals surface area contributed by atoms with E-state index in [1.165, 1.54) is 11.1 Å². The molecular formula is C16H30. The van der Waals surface area contributed by atoms with Gasteiger partial charge in [0.1, 0.15) is 0 Å². The molecule has 1 rings (SSSR count). The third-order valence-corrected chi connectivity index (χ3v) is 1.59. The van der Waals surface area contributed by atoms with Crippen LogP contribution in [0.3, 0.4) is 0 Å². The van der Waals surface area contributed by atoms with E-state index in [4.69, 9.17) is 0 Å². The average Bonchev–Trinajstić information content (AvgIpc) is 2.45. The van der Waals surface area contributed by atoms with Gasteiger partial charge in [-0.3, -0.25) is 0 Å². The summed E-state index contributed by atoms with van der Waals surface area (Å²) in [5.41, 5.74) is 2.58. The van der Waals surface area contributed by atoms with Gasteiger partial charge in [-0.2, -0.15) is 0 Å². The van der Waals surface area contributed by atoms with E-state index in [1.54, 1.807) is 0 Å². The van der Waals surface area contributed by atoms with Crippen molar-refractivity contribution in [2.24, 2.45) is 0 Å². The van der Waals surface area contributed by atoms with Gasteiger partial charge < -0.3 is 0 Å². The summed E-state index contributed by atoms with van der Waals surface area (Å²) in [4.78, 5) is 0. The molecule has 0 heteroatoms. The molecule has 0 aromatic heterocycles. The monoisotopic (exact) mass is 222 g/mol. The van der Waals surface area contributed by atoms with Gasteiger partial charge in [-0.15, -0.1) is 0 Å². The van der Waals surface area contributed by atoms with Crippen LogP contribution in [0.4, 0.5) is 0 Å². The van der Waals surface area contributed by atoms with E-state index in [-0.39, 0.29) is 0 Å². The third kappa shape index (κ3) is 11.0. The molecule has 0 aliphatic rings. The van der Waals surface area contributed by atoms with E-state index in [9.17, 15) is 0 Å². The van der Waals surface area contributed by atoms with E-state index >= 15 is 0 Å². The standard InChI is InChI=1S/C10H12.3C2H6/c1-3-9-6-5-7-10(4-2)8-9;3*1-2/h3,5-8H,1,4H2,2H3;3*1-2H3. The van der Waals surface area contributed by atoms with Crippen molar-refractivity contribution in [1.82, 2.24) is 0 Å². The van der Waals surface area contributed by atoms with Gasteiger partial charge in [0.2, 0.25) is 0 Å². The van der Waals surface area contributed by atoms with Crippen molar-refractivity contribution in [2.75, 3.05) is 0 Å². The van der Waals surface area contributed by atoms with Crippen molar-refractivity contribution < 1.29 is 0 Å². The van der Waals surface area contributed by atoms with Crippen LogP contribution in [0.2, 0.25) is 0 Å². The fraction of sp³-hybridized carbons (Fsp3) is 0.500. The highest BCUT2D eigenvalue weighted by atomic mass is 13.9. The SMILES string of the molecule is C=Cc1cccc(CC)c1.CC.CC.CC. The smallest absolute Gasteiger partial charge is 0.0260 e. The highest BCUT2D eigenvalue weighted by Crippen LogP contribution is 2.05. The van der Waals surface area contributed by atoms with Crippen LogP contribution in [0.25, 0.3) is 6.08 Å². The van der Waals surface area contributed by atoms with Crippen molar-refractivity contribution in [3.05, 3.63) is 42.0 Å². The van der Waals surface area contributed by atoms with Crippen molar-refractivity contribution in [2.45, 2.75) is 54.9 Å². The van der Waals surface area contributed by atoms with Crippen molar-refractivity contribution in [1.29, 1.82) is 0 Å². The summed E-state index contributed by atoms with van der Waals surface area (Å²) in [5, 5.41) is 0. The van der Waals surface area contributed by atoms with Gasteiger partial charge in [0.25, 0.3) is 0 Å². The lowest BCUT2D eigenvalue weighted by Crippen LogP contribution is -1.79. The van der Waals surface area contributed by atoms with Crippen LogP contribution >= 0.6 is 0 Å². The Kier molecular flexibility index (Phi) is 24.9. The summed E-state index contributed by atoms with van der Waals surface area (Å²) in [5.74, 6) is 0. The summed E-state index contributed by atoms with van der Waals surface area (Å²) >= 11 is 0. The first-order chi connectivity index (χ1) is 7.86. The van der Waals surface area contributed by atoms with E-state index in [1.807, 2.05) is 47.6 Å². The number of hydrogen-bond donors (Lipinski definition) is 0. The summed E-state index contributed by atoms with van der Waals surface area (Å²) in [7, 11) is 0. The molecule has 1 aromatic rings. The molecule has 0 unspecified atom stereocenters. The molecular weight excluding hydrogens is 192 g/mol. The molecule has 0 saturated heterocycles. The second-order valence-electron chi connectivity index (χ2n) is 2.30. The zero-order valence-corrected chi connectivity index (χ0v) is 12.3. The quantitative estimate of drug-likeness (QED) is 0.578. The Morgan fingerprint density at radius 1 is 1.00 bits per heavy atom. The Bertz CT molecular complexity index is 223. The highest BCUT2D eigenvalue weighted by molar-refractivity contribution is 5.47. The normalized spacial score (nSPS) is 6.94. The van der Waals surface area contributed by atoms with Gasteiger partial charge >= 0.3 is 0 Å². The van der Waals surface area contributed by atoms with Crippen LogP contribution in [-0.4, -0.2) is 0 Å². The summed E-state index contributed by atoms with van der Waals surface area (Å²) in [6.45, 7) is 17.9. The van der Waals surface area contributed by atoms with E-state index in [0.29, 0.717) is 0 Å². The zero-order chi connectivity index (χ0) is 13.4. The molecule has 0 atom stereocenters. The number of hydrogen-bond acceptors (Lipinski definition) is 0. The summed E-state index contributed by atoms with van der Waals surface area (Å²) in [6, 6.07) is 8.42. The molecule has 0 radical (unpaired) electrons. The van der Waals surface area contributed by atoms with Crippen LogP contribution < -0.4 is 0 Å².